The van der Waals surface area contributed by atoms with Crippen LogP contribution in [-0.2, 0) is 23.7 Å². The van der Waals surface area contributed by atoms with E-state index in [1.165, 1.54) is 6.92 Å². The highest BCUT2D eigenvalue weighted by Gasteiger charge is 2.54. The van der Waals surface area contributed by atoms with Gasteiger partial charge >= 0.3 is 5.97 Å². The summed E-state index contributed by atoms with van der Waals surface area (Å²) < 4.78 is 22.4. The molecule has 2 aliphatic rings. The molecule has 2 fully saturated rings. The van der Waals surface area contributed by atoms with E-state index in [1.807, 2.05) is 0 Å². The number of hydrogen-bond acceptors (Lipinski definition) is 6. The van der Waals surface area contributed by atoms with E-state index in [0.29, 0.717) is 0 Å². The van der Waals surface area contributed by atoms with Crippen molar-refractivity contribution in [1.29, 1.82) is 0 Å². The van der Waals surface area contributed by atoms with Crippen molar-refractivity contribution in [2.75, 3.05) is 6.61 Å². The van der Waals surface area contributed by atoms with Gasteiger partial charge in [0.15, 0.2) is 5.79 Å². The van der Waals surface area contributed by atoms with Gasteiger partial charge in [0.25, 0.3) is 0 Å². The largest absolute Gasteiger partial charge is 0.463 e. The van der Waals surface area contributed by atoms with Crippen LogP contribution < -0.4 is 0 Å². The molecule has 21 heavy (non-hydrogen) atoms. The summed E-state index contributed by atoms with van der Waals surface area (Å²) in [6.07, 6.45) is -0.446. The Bertz CT molecular complexity index is 474. The van der Waals surface area contributed by atoms with E-state index in [9.17, 15) is 4.79 Å². The Morgan fingerprint density at radius 1 is 1.48 bits per heavy atom. The predicted octanol–water partition coefficient (Wildman–Crippen LogP) is 1.70. The molecule has 2 saturated heterocycles. The highest BCUT2D eigenvalue weighted by atomic mass is 16.8. The maximum atomic E-state index is 11.0. The third kappa shape index (κ3) is 3.36. The van der Waals surface area contributed by atoms with Crippen molar-refractivity contribution in [3.8, 4) is 0 Å². The maximum Gasteiger partial charge on any atom is 0.302 e. The molecular formula is C13H19N3O5. The number of hydrogen-bond donors (Lipinski definition) is 0. The minimum Gasteiger partial charge on any atom is -0.463 e. The Morgan fingerprint density at radius 2 is 2.14 bits per heavy atom. The molecule has 0 saturated carbocycles. The second kappa shape index (κ2) is 6.03. The van der Waals surface area contributed by atoms with Crippen LogP contribution in [0.15, 0.2) is 17.8 Å². The van der Waals surface area contributed by atoms with Gasteiger partial charge in [-0.15, -0.1) is 6.58 Å². The number of esters is 1. The fourth-order valence-corrected chi connectivity index (χ4v) is 2.64. The number of nitrogens with zero attached hydrogens (tertiary/aromatic N) is 3. The zero-order valence-electron chi connectivity index (χ0n) is 12.3. The molecule has 116 valence electrons. The molecule has 0 aromatic carbocycles. The summed E-state index contributed by atoms with van der Waals surface area (Å²) in [5.41, 5.74) is 8.73. The van der Waals surface area contributed by atoms with Crippen LogP contribution in [0.25, 0.3) is 10.4 Å². The molecular weight excluding hydrogens is 278 g/mol. The van der Waals surface area contributed by atoms with Gasteiger partial charge in [0.1, 0.15) is 24.9 Å². The summed E-state index contributed by atoms with van der Waals surface area (Å²) in [6.45, 7) is 8.59. The number of ether oxygens (including phenoxy) is 4. The van der Waals surface area contributed by atoms with E-state index in [0.717, 1.165) is 0 Å². The molecule has 0 bridgehead atoms. The molecule has 3 unspecified atom stereocenters. The van der Waals surface area contributed by atoms with Gasteiger partial charge < -0.3 is 18.9 Å². The van der Waals surface area contributed by atoms with Crippen LogP contribution in [0, 0.1) is 0 Å². The fraction of sp³-hybridized carbons (Fsp3) is 0.769. The van der Waals surface area contributed by atoms with Gasteiger partial charge in [-0.3, -0.25) is 4.79 Å². The van der Waals surface area contributed by atoms with E-state index < -0.39 is 42.2 Å². The molecule has 0 radical (unpaired) electrons. The zero-order chi connectivity index (χ0) is 15.6. The summed E-state index contributed by atoms with van der Waals surface area (Å²) in [7, 11) is 0. The highest BCUT2D eigenvalue weighted by Crippen LogP contribution is 2.39. The summed E-state index contributed by atoms with van der Waals surface area (Å²) in [5, 5.41) is 3.75. The smallest absolute Gasteiger partial charge is 0.302 e. The van der Waals surface area contributed by atoms with Crippen LogP contribution in [-0.4, -0.2) is 48.8 Å². The number of fused-ring (bicyclic) bond motifs is 1. The first-order valence-electron chi connectivity index (χ1n) is 6.69. The SMILES string of the molecule is C=CC1O[C@H](COC(C)=O)[C@@H]2OC(C)(C)OC2C1N=[N+]=[N-]. The molecule has 2 aliphatic heterocycles. The van der Waals surface area contributed by atoms with Crippen molar-refractivity contribution in [3.05, 3.63) is 23.1 Å². The first kappa shape index (κ1) is 15.8. The second-order valence-electron chi connectivity index (χ2n) is 5.44. The van der Waals surface area contributed by atoms with Crippen LogP contribution in [0.4, 0.5) is 0 Å². The Hall–Kier alpha value is -1.60. The van der Waals surface area contributed by atoms with Crippen LogP contribution >= 0.6 is 0 Å². The Balaban J connectivity index is 2.24. The van der Waals surface area contributed by atoms with Crippen LogP contribution in [0.5, 0.6) is 0 Å². The summed E-state index contributed by atoms with van der Waals surface area (Å²) >= 11 is 0. The van der Waals surface area contributed by atoms with Crippen molar-refractivity contribution < 1.29 is 23.7 Å². The van der Waals surface area contributed by atoms with E-state index in [1.54, 1.807) is 19.9 Å². The number of rotatable bonds is 4. The standard InChI is InChI=1S/C13H19N3O5/c1-5-8-10(15-16-14)12-11(20-13(3,4)21-12)9(19-8)6-18-7(2)17/h5,8-12H,1,6H2,2-4H3/t8?,9-,10?,11+,12?/m1/s1. The molecule has 0 N–H and O–H groups in total. The molecule has 8 heteroatoms. The van der Waals surface area contributed by atoms with Crippen LogP contribution in [0.2, 0.25) is 0 Å². The molecule has 0 spiro atoms. The quantitative estimate of drug-likeness (QED) is 0.258. The number of carbonyl (C=O) groups is 1. The zero-order valence-corrected chi connectivity index (χ0v) is 12.3. The van der Waals surface area contributed by atoms with Gasteiger partial charge in [-0.25, -0.2) is 0 Å². The first-order valence-corrected chi connectivity index (χ1v) is 6.69. The highest BCUT2D eigenvalue weighted by molar-refractivity contribution is 5.65. The molecule has 2 heterocycles. The van der Waals surface area contributed by atoms with Gasteiger partial charge in [-0.05, 0) is 19.4 Å². The maximum absolute atomic E-state index is 11.0. The van der Waals surface area contributed by atoms with Crippen molar-refractivity contribution in [3.63, 3.8) is 0 Å². The van der Waals surface area contributed by atoms with Crippen molar-refractivity contribution in [1.82, 2.24) is 0 Å². The Labute approximate surface area is 122 Å². The van der Waals surface area contributed by atoms with E-state index in [-0.39, 0.29) is 6.61 Å². The average Bonchev–Trinajstić information content (AvgIpc) is 2.73. The lowest BCUT2D eigenvalue weighted by molar-refractivity contribution is -0.172. The fourth-order valence-electron chi connectivity index (χ4n) is 2.64. The molecule has 0 aliphatic carbocycles. The van der Waals surface area contributed by atoms with Gasteiger partial charge in [-0.2, -0.15) is 0 Å². The summed E-state index contributed by atoms with van der Waals surface area (Å²) in [5.74, 6) is -1.23. The van der Waals surface area contributed by atoms with Crippen LogP contribution in [0.3, 0.4) is 0 Å². The van der Waals surface area contributed by atoms with Gasteiger partial charge in [0.2, 0.25) is 0 Å². The molecule has 0 amide bonds. The van der Waals surface area contributed by atoms with Crippen molar-refractivity contribution in [2.45, 2.75) is 57.0 Å². The molecule has 8 nitrogen and oxygen atoms in total. The van der Waals surface area contributed by atoms with E-state index in [4.69, 9.17) is 24.5 Å². The summed E-state index contributed by atoms with van der Waals surface area (Å²) in [4.78, 5) is 13.8. The van der Waals surface area contributed by atoms with Gasteiger partial charge in [0.05, 0.1) is 12.1 Å². The third-order valence-electron chi connectivity index (χ3n) is 3.40. The predicted molar refractivity (Wildman–Crippen MR) is 72.3 cm³/mol. The lowest BCUT2D eigenvalue weighted by Crippen LogP contribution is -2.56. The Kier molecular flexibility index (Phi) is 4.53. The van der Waals surface area contributed by atoms with Crippen molar-refractivity contribution >= 4 is 5.97 Å². The average molecular weight is 297 g/mol. The lowest BCUT2D eigenvalue weighted by atomic mass is 9.93. The molecule has 5 atom stereocenters. The lowest BCUT2D eigenvalue weighted by Gasteiger charge is -2.39. The monoisotopic (exact) mass is 297 g/mol. The number of azide groups is 1. The van der Waals surface area contributed by atoms with Crippen LogP contribution in [0.1, 0.15) is 20.8 Å². The topological polar surface area (TPSA) is 103 Å². The first-order chi connectivity index (χ1) is 9.88. The van der Waals surface area contributed by atoms with Gasteiger partial charge in [-0.1, -0.05) is 11.2 Å². The minimum atomic E-state index is -0.827. The second-order valence-corrected chi connectivity index (χ2v) is 5.44. The van der Waals surface area contributed by atoms with E-state index >= 15 is 0 Å². The van der Waals surface area contributed by atoms with E-state index in [2.05, 4.69) is 16.6 Å². The third-order valence-corrected chi connectivity index (χ3v) is 3.40. The summed E-state index contributed by atoms with van der Waals surface area (Å²) in [6, 6.07) is -0.576. The normalized spacial score (nSPS) is 37.2. The van der Waals surface area contributed by atoms with Gasteiger partial charge in [0, 0.05) is 11.8 Å². The molecule has 0 aromatic heterocycles. The molecule has 2 rings (SSSR count). The Morgan fingerprint density at radius 3 is 2.71 bits per heavy atom. The number of carbonyl (C=O) groups excluding carboxylic acids is 1. The minimum absolute atomic E-state index is 0.0449. The van der Waals surface area contributed by atoms with Crippen molar-refractivity contribution in [2.24, 2.45) is 5.11 Å². The molecule has 0 aromatic rings.